The molecule has 3 N–H and O–H groups in total. The van der Waals surface area contributed by atoms with Crippen molar-refractivity contribution in [2.24, 2.45) is 5.73 Å². The van der Waals surface area contributed by atoms with E-state index in [1.807, 2.05) is 6.92 Å². The van der Waals surface area contributed by atoms with Gasteiger partial charge in [0.2, 0.25) is 5.91 Å². The maximum Gasteiger partial charge on any atom is 0.234 e. The van der Waals surface area contributed by atoms with Crippen molar-refractivity contribution >= 4 is 5.91 Å². The van der Waals surface area contributed by atoms with Gasteiger partial charge in [-0.05, 0) is 33.4 Å². The summed E-state index contributed by atoms with van der Waals surface area (Å²) in [6.07, 6.45) is 3.17. The zero-order valence-corrected chi connectivity index (χ0v) is 11.1. The van der Waals surface area contributed by atoms with Gasteiger partial charge in [-0.2, -0.15) is 0 Å². The van der Waals surface area contributed by atoms with Crippen LogP contribution in [0.1, 0.15) is 40.0 Å². The molecule has 0 saturated heterocycles. The predicted octanol–water partition coefficient (Wildman–Crippen LogP) is 0.960. The number of amides is 1. The summed E-state index contributed by atoms with van der Waals surface area (Å²) < 4.78 is 0. The summed E-state index contributed by atoms with van der Waals surface area (Å²) in [5.74, 6) is -0.251. The van der Waals surface area contributed by atoms with Crippen molar-refractivity contribution < 1.29 is 4.79 Å². The zero-order chi connectivity index (χ0) is 12.6. The van der Waals surface area contributed by atoms with E-state index in [0.29, 0.717) is 6.04 Å². The highest BCUT2D eigenvalue weighted by molar-refractivity contribution is 5.79. The molecule has 96 valence electrons. The Balaban J connectivity index is 3.94. The Morgan fingerprint density at radius 2 is 2.00 bits per heavy atom. The molecule has 2 unspecified atom stereocenters. The van der Waals surface area contributed by atoms with Crippen LogP contribution >= 0.6 is 0 Å². The first-order chi connectivity index (χ1) is 7.52. The summed E-state index contributed by atoms with van der Waals surface area (Å²) in [4.78, 5) is 13.4. The van der Waals surface area contributed by atoms with Crippen LogP contribution in [0, 0.1) is 0 Å². The van der Waals surface area contributed by atoms with Crippen LogP contribution in [-0.4, -0.2) is 43.0 Å². The molecule has 0 aromatic carbocycles. The van der Waals surface area contributed by atoms with Gasteiger partial charge in [0, 0.05) is 12.6 Å². The van der Waals surface area contributed by atoms with E-state index in [-0.39, 0.29) is 11.9 Å². The lowest BCUT2D eigenvalue weighted by Gasteiger charge is -2.26. The van der Waals surface area contributed by atoms with Gasteiger partial charge in [0.05, 0.1) is 6.04 Å². The van der Waals surface area contributed by atoms with Gasteiger partial charge in [-0.25, -0.2) is 0 Å². The van der Waals surface area contributed by atoms with E-state index < -0.39 is 0 Å². The Hall–Kier alpha value is -0.610. The monoisotopic (exact) mass is 229 g/mol. The van der Waals surface area contributed by atoms with Gasteiger partial charge >= 0.3 is 0 Å². The number of primary amides is 1. The molecule has 0 aromatic rings. The number of rotatable bonds is 9. The zero-order valence-electron chi connectivity index (χ0n) is 11.1. The topological polar surface area (TPSA) is 58.4 Å². The molecule has 16 heavy (non-hydrogen) atoms. The minimum atomic E-state index is -0.251. The van der Waals surface area contributed by atoms with Crippen LogP contribution in [0.15, 0.2) is 0 Å². The molecule has 1 amide bonds. The SMILES string of the molecule is CCCC(C)N(C)CCC(NCC)C(N)=O. The number of nitrogens with one attached hydrogen (secondary N) is 1. The van der Waals surface area contributed by atoms with Gasteiger partial charge in [-0.15, -0.1) is 0 Å². The molecule has 0 spiro atoms. The van der Waals surface area contributed by atoms with Crippen LogP contribution in [-0.2, 0) is 4.79 Å². The normalized spacial score (nSPS) is 15.1. The van der Waals surface area contributed by atoms with Crippen LogP contribution in [0.25, 0.3) is 0 Å². The van der Waals surface area contributed by atoms with Crippen molar-refractivity contribution in [3.8, 4) is 0 Å². The summed E-state index contributed by atoms with van der Waals surface area (Å²) in [5, 5.41) is 3.11. The lowest BCUT2D eigenvalue weighted by Crippen LogP contribution is -2.44. The summed E-state index contributed by atoms with van der Waals surface area (Å²) in [7, 11) is 2.10. The quantitative estimate of drug-likeness (QED) is 0.619. The van der Waals surface area contributed by atoms with Crippen LogP contribution in [0.4, 0.5) is 0 Å². The van der Waals surface area contributed by atoms with Gasteiger partial charge < -0.3 is 16.0 Å². The van der Waals surface area contributed by atoms with Gasteiger partial charge in [-0.1, -0.05) is 20.3 Å². The van der Waals surface area contributed by atoms with E-state index in [0.717, 1.165) is 19.5 Å². The lowest BCUT2D eigenvalue weighted by molar-refractivity contribution is -0.120. The summed E-state index contributed by atoms with van der Waals surface area (Å²) in [6, 6.07) is 0.376. The molecule has 2 atom stereocenters. The first-order valence-corrected chi connectivity index (χ1v) is 6.25. The second-order valence-corrected chi connectivity index (χ2v) is 4.42. The van der Waals surface area contributed by atoms with E-state index in [1.165, 1.54) is 12.8 Å². The maximum atomic E-state index is 11.1. The van der Waals surface area contributed by atoms with Gasteiger partial charge in [0.15, 0.2) is 0 Å². The molecule has 0 bridgehead atoms. The van der Waals surface area contributed by atoms with E-state index >= 15 is 0 Å². The second-order valence-electron chi connectivity index (χ2n) is 4.42. The van der Waals surface area contributed by atoms with Crippen molar-refractivity contribution in [2.45, 2.75) is 52.1 Å². The smallest absolute Gasteiger partial charge is 0.234 e. The molecule has 0 aliphatic carbocycles. The highest BCUT2D eigenvalue weighted by Gasteiger charge is 2.15. The fraction of sp³-hybridized carbons (Fsp3) is 0.917. The Bertz CT molecular complexity index is 197. The third kappa shape index (κ3) is 6.08. The largest absolute Gasteiger partial charge is 0.368 e. The van der Waals surface area contributed by atoms with E-state index in [9.17, 15) is 4.79 Å². The summed E-state index contributed by atoms with van der Waals surface area (Å²) >= 11 is 0. The fourth-order valence-corrected chi connectivity index (χ4v) is 1.78. The Labute approximate surface area is 99.6 Å². The molecule has 0 radical (unpaired) electrons. The van der Waals surface area contributed by atoms with Crippen LogP contribution < -0.4 is 11.1 Å². The molecule has 0 saturated carbocycles. The number of hydrogen-bond donors (Lipinski definition) is 2. The van der Waals surface area contributed by atoms with Gasteiger partial charge in [0.25, 0.3) is 0 Å². The van der Waals surface area contributed by atoms with Crippen LogP contribution in [0.2, 0.25) is 0 Å². The minimum absolute atomic E-state index is 0.193. The number of nitrogens with two attached hydrogens (primary N) is 1. The highest BCUT2D eigenvalue weighted by Crippen LogP contribution is 2.05. The Kier molecular flexibility index (Phi) is 8.21. The molecule has 0 aliphatic heterocycles. The van der Waals surface area contributed by atoms with Crippen LogP contribution in [0.5, 0.6) is 0 Å². The third-order valence-electron chi connectivity index (χ3n) is 3.02. The average Bonchev–Trinajstić information content (AvgIpc) is 2.23. The van der Waals surface area contributed by atoms with Crippen molar-refractivity contribution in [1.29, 1.82) is 0 Å². The van der Waals surface area contributed by atoms with Crippen molar-refractivity contribution in [3.05, 3.63) is 0 Å². The molecular weight excluding hydrogens is 202 g/mol. The number of carbonyl (C=O) groups excluding carboxylic acids is 1. The van der Waals surface area contributed by atoms with Gasteiger partial charge in [-0.3, -0.25) is 4.79 Å². The van der Waals surface area contributed by atoms with Crippen LogP contribution in [0.3, 0.4) is 0 Å². The van der Waals surface area contributed by atoms with E-state index in [2.05, 4.69) is 31.1 Å². The molecule has 0 fully saturated rings. The molecule has 0 aliphatic rings. The Morgan fingerprint density at radius 1 is 1.38 bits per heavy atom. The molecule has 0 rings (SSSR count). The lowest BCUT2D eigenvalue weighted by atomic mass is 10.1. The molecule has 4 heteroatoms. The Morgan fingerprint density at radius 3 is 2.44 bits per heavy atom. The van der Waals surface area contributed by atoms with E-state index in [1.54, 1.807) is 0 Å². The van der Waals surface area contributed by atoms with Gasteiger partial charge in [0.1, 0.15) is 0 Å². The molecule has 4 nitrogen and oxygen atoms in total. The number of carbonyl (C=O) groups is 1. The van der Waals surface area contributed by atoms with Crippen molar-refractivity contribution in [1.82, 2.24) is 10.2 Å². The standard InChI is InChI=1S/C12H27N3O/c1-5-7-10(3)15(4)9-8-11(12(13)16)14-6-2/h10-11,14H,5-9H2,1-4H3,(H2,13,16). The summed E-state index contributed by atoms with van der Waals surface area (Å²) in [6.45, 7) is 8.08. The second kappa shape index (κ2) is 8.53. The van der Waals surface area contributed by atoms with Crippen molar-refractivity contribution in [3.63, 3.8) is 0 Å². The highest BCUT2D eigenvalue weighted by atomic mass is 16.1. The summed E-state index contributed by atoms with van der Waals surface area (Å²) in [5.41, 5.74) is 5.32. The first-order valence-electron chi connectivity index (χ1n) is 6.25. The predicted molar refractivity (Wildman–Crippen MR) is 68.3 cm³/mol. The van der Waals surface area contributed by atoms with Crippen molar-refractivity contribution in [2.75, 3.05) is 20.1 Å². The van der Waals surface area contributed by atoms with E-state index in [4.69, 9.17) is 5.73 Å². The molecule has 0 aromatic heterocycles. The number of likely N-dealkylation sites (N-methyl/N-ethyl adjacent to an activating group) is 1. The average molecular weight is 229 g/mol. The minimum Gasteiger partial charge on any atom is -0.368 e. The number of nitrogens with zero attached hydrogens (tertiary/aromatic N) is 1. The molecular formula is C12H27N3O. The fourth-order valence-electron chi connectivity index (χ4n) is 1.78. The third-order valence-corrected chi connectivity index (χ3v) is 3.02. The number of hydrogen-bond acceptors (Lipinski definition) is 3. The molecule has 0 heterocycles. The maximum absolute atomic E-state index is 11.1. The first kappa shape index (κ1) is 15.4.